The maximum absolute atomic E-state index is 14.3. The van der Waals surface area contributed by atoms with Gasteiger partial charge in [0.15, 0.2) is 0 Å². The lowest BCUT2D eigenvalue weighted by molar-refractivity contribution is -0.155. The summed E-state index contributed by atoms with van der Waals surface area (Å²) in [7, 11) is 0. The number of amides is 2. The minimum Gasteiger partial charge on any atom is -0.465 e. The van der Waals surface area contributed by atoms with E-state index in [4.69, 9.17) is 21.1 Å². The van der Waals surface area contributed by atoms with Crippen LogP contribution in [0.3, 0.4) is 0 Å². The number of hydrogen-bond acceptors (Lipinski definition) is 6. The van der Waals surface area contributed by atoms with Gasteiger partial charge in [0.1, 0.15) is 17.6 Å². The zero-order valence-corrected chi connectivity index (χ0v) is 21.0. The first kappa shape index (κ1) is 25.0. The Kier molecular flexibility index (Phi) is 6.94. The number of rotatable bonds is 4. The Balaban J connectivity index is 1.65. The third kappa shape index (κ3) is 3.86. The van der Waals surface area contributed by atoms with Gasteiger partial charge in [-0.15, -0.1) is 0 Å². The van der Waals surface area contributed by atoms with Gasteiger partial charge in [0.05, 0.1) is 42.0 Å². The van der Waals surface area contributed by atoms with E-state index in [1.54, 1.807) is 41.3 Å². The zero-order valence-electron chi connectivity index (χ0n) is 20.2. The molecule has 4 aliphatic rings. The van der Waals surface area contributed by atoms with Crippen molar-refractivity contribution in [1.29, 1.82) is 0 Å². The van der Waals surface area contributed by atoms with Crippen LogP contribution >= 0.6 is 11.6 Å². The molecule has 0 saturated carbocycles. The number of ether oxygens (including phenoxy) is 2. The summed E-state index contributed by atoms with van der Waals surface area (Å²) in [5.74, 6) is -3.07. The molecule has 5 rings (SSSR count). The average Bonchev–Trinajstić information content (AvgIpc) is 3.26. The fourth-order valence-electron chi connectivity index (χ4n) is 6.05. The summed E-state index contributed by atoms with van der Waals surface area (Å²) in [4.78, 5) is 44.7. The largest absolute Gasteiger partial charge is 0.465 e. The molecule has 2 amide bonds. The van der Waals surface area contributed by atoms with E-state index in [0.717, 1.165) is 19.3 Å². The summed E-state index contributed by atoms with van der Waals surface area (Å²) in [6, 6.07) is 5.36. The van der Waals surface area contributed by atoms with Crippen LogP contribution in [-0.4, -0.2) is 71.3 Å². The maximum atomic E-state index is 14.3. The Morgan fingerprint density at radius 3 is 2.72 bits per heavy atom. The summed E-state index contributed by atoms with van der Waals surface area (Å²) < 4.78 is 12.2. The molecule has 0 bridgehead atoms. The first-order valence-electron chi connectivity index (χ1n) is 12.6. The Hall–Kier alpha value is -2.68. The van der Waals surface area contributed by atoms with Crippen LogP contribution in [0.2, 0.25) is 5.02 Å². The monoisotopic (exact) mass is 514 g/mol. The molecule has 9 heteroatoms. The number of allylic oxidation sites excluding steroid dienone is 1. The van der Waals surface area contributed by atoms with Gasteiger partial charge in [-0.05, 0) is 37.8 Å². The van der Waals surface area contributed by atoms with E-state index < -0.39 is 41.6 Å². The van der Waals surface area contributed by atoms with Crippen LogP contribution in [-0.2, 0) is 23.9 Å². The van der Waals surface area contributed by atoms with Crippen LogP contribution < -0.4 is 4.90 Å². The summed E-state index contributed by atoms with van der Waals surface area (Å²) >= 11 is 6.46. The number of aliphatic hydroxyl groups excluding tert-OH is 1. The number of nitrogens with zero attached hydrogens (tertiary/aromatic N) is 2. The molecule has 2 saturated heterocycles. The molecule has 1 aromatic rings. The number of halogens is 1. The van der Waals surface area contributed by atoms with Crippen LogP contribution in [0.25, 0.3) is 0 Å². The normalized spacial score (nSPS) is 33.9. The minimum atomic E-state index is -1.38. The van der Waals surface area contributed by atoms with Gasteiger partial charge in [-0.25, -0.2) is 0 Å². The second-order valence-corrected chi connectivity index (χ2v) is 10.1. The third-order valence-electron chi connectivity index (χ3n) is 7.76. The van der Waals surface area contributed by atoms with E-state index in [2.05, 4.69) is 0 Å². The number of cyclic esters (lactones) is 1. The van der Waals surface area contributed by atoms with Crippen molar-refractivity contribution in [3.8, 4) is 0 Å². The second-order valence-electron chi connectivity index (χ2n) is 9.73. The van der Waals surface area contributed by atoms with E-state index in [0.29, 0.717) is 17.1 Å². The van der Waals surface area contributed by atoms with E-state index in [-0.39, 0.29) is 31.6 Å². The number of benzene rings is 1. The molecule has 6 atom stereocenters. The van der Waals surface area contributed by atoms with Crippen LogP contribution in [0.5, 0.6) is 0 Å². The molecule has 2 fully saturated rings. The van der Waals surface area contributed by atoms with Gasteiger partial charge in [0.2, 0.25) is 5.91 Å². The molecule has 36 heavy (non-hydrogen) atoms. The molecule has 4 aliphatic heterocycles. The number of likely N-dealkylation sites (tertiary alicyclic amines) is 1. The quantitative estimate of drug-likeness (QED) is 0.490. The Morgan fingerprint density at radius 2 is 1.97 bits per heavy atom. The highest BCUT2D eigenvalue weighted by molar-refractivity contribution is 6.34. The van der Waals surface area contributed by atoms with Gasteiger partial charge < -0.3 is 24.4 Å². The molecule has 1 unspecified atom stereocenters. The average molecular weight is 515 g/mol. The summed E-state index contributed by atoms with van der Waals surface area (Å²) in [5, 5.41) is 10.6. The molecular formula is C27H31ClN2O6. The molecule has 8 nitrogen and oxygen atoms in total. The molecule has 1 N–H and O–H groups in total. The Morgan fingerprint density at radius 1 is 1.17 bits per heavy atom. The summed E-state index contributed by atoms with van der Waals surface area (Å²) in [6.07, 6.45) is 9.54. The highest BCUT2D eigenvalue weighted by Crippen LogP contribution is 2.54. The number of carbonyl (C=O) groups is 3. The van der Waals surface area contributed by atoms with Crippen LogP contribution in [0.4, 0.5) is 5.69 Å². The zero-order chi connectivity index (χ0) is 25.4. The standard InChI is InChI=1S/C27H31ClN2O6/c1-2-17(16-31)30-23-25(33)29(19-11-7-6-10-18(19)28)14-9-13-27(23)22(24(30)32)21-20(36-27)12-5-3-4-8-15-35-26(21)34/h5-7,9-13,17,20-23,31H,2-4,8,14-16H2,1H3/b12-5-/t17-,20-,21+,22-,23?,27-/m0/s1. The van der Waals surface area contributed by atoms with Crippen LogP contribution in [0, 0.1) is 11.8 Å². The predicted octanol–water partition coefficient (Wildman–Crippen LogP) is 2.88. The van der Waals surface area contributed by atoms with E-state index in [1.807, 2.05) is 19.1 Å². The summed E-state index contributed by atoms with van der Waals surface area (Å²) in [5.41, 5.74) is -0.852. The fourth-order valence-corrected chi connectivity index (χ4v) is 6.29. The minimum absolute atomic E-state index is 0.227. The Labute approximate surface area is 215 Å². The maximum Gasteiger partial charge on any atom is 0.312 e. The lowest BCUT2D eigenvalue weighted by Crippen LogP contribution is -2.58. The number of para-hydroxylation sites is 1. The van der Waals surface area contributed by atoms with Crippen LogP contribution in [0.1, 0.15) is 32.6 Å². The lowest BCUT2D eigenvalue weighted by Gasteiger charge is -2.38. The lowest BCUT2D eigenvalue weighted by atomic mass is 9.78. The fraction of sp³-hybridized carbons (Fsp3) is 0.519. The Bertz CT molecular complexity index is 1100. The van der Waals surface area contributed by atoms with E-state index >= 15 is 0 Å². The van der Waals surface area contributed by atoms with Crippen molar-refractivity contribution < 1.29 is 29.0 Å². The third-order valence-corrected chi connectivity index (χ3v) is 8.08. The van der Waals surface area contributed by atoms with E-state index in [9.17, 15) is 19.5 Å². The van der Waals surface area contributed by atoms with Gasteiger partial charge in [-0.1, -0.05) is 55.0 Å². The number of carbonyl (C=O) groups excluding carboxylic acids is 3. The number of aliphatic hydroxyl groups is 1. The second kappa shape index (κ2) is 10.00. The van der Waals surface area contributed by atoms with Crippen molar-refractivity contribution in [1.82, 2.24) is 4.90 Å². The van der Waals surface area contributed by atoms with Gasteiger partial charge in [-0.2, -0.15) is 0 Å². The smallest absolute Gasteiger partial charge is 0.312 e. The van der Waals surface area contributed by atoms with Crippen molar-refractivity contribution in [3.05, 3.63) is 53.6 Å². The molecule has 192 valence electrons. The molecule has 0 aliphatic carbocycles. The van der Waals surface area contributed by atoms with Crippen molar-refractivity contribution in [2.75, 3.05) is 24.7 Å². The molecular weight excluding hydrogens is 484 g/mol. The molecule has 1 spiro atoms. The highest BCUT2D eigenvalue weighted by atomic mass is 35.5. The molecule has 0 radical (unpaired) electrons. The van der Waals surface area contributed by atoms with Gasteiger partial charge in [0.25, 0.3) is 5.91 Å². The van der Waals surface area contributed by atoms with Crippen molar-refractivity contribution in [3.63, 3.8) is 0 Å². The van der Waals surface area contributed by atoms with E-state index in [1.165, 1.54) is 4.90 Å². The van der Waals surface area contributed by atoms with Crippen molar-refractivity contribution >= 4 is 35.1 Å². The summed E-state index contributed by atoms with van der Waals surface area (Å²) in [6.45, 7) is 2.04. The van der Waals surface area contributed by atoms with Crippen LogP contribution in [0.15, 0.2) is 48.6 Å². The van der Waals surface area contributed by atoms with Gasteiger partial charge in [0, 0.05) is 6.54 Å². The first-order chi connectivity index (χ1) is 17.4. The number of fused-ring (bicyclic) bond motifs is 2. The molecule has 4 heterocycles. The SMILES string of the molecule is CC[C@@H](CO)N1C(=O)[C@@H]2[C@@H]3C(=O)OCCCC/C=C\[C@@H]3O[C@@]23C=CCN(c2ccccc2Cl)C(=O)C13. The highest BCUT2D eigenvalue weighted by Gasteiger charge is 2.72. The number of esters is 1. The van der Waals surface area contributed by atoms with Crippen molar-refractivity contribution in [2.24, 2.45) is 11.8 Å². The van der Waals surface area contributed by atoms with Gasteiger partial charge >= 0.3 is 5.97 Å². The molecule has 1 aromatic carbocycles. The number of anilines is 1. The first-order valence-corrected chi connectivity index (χ1v) is 13.0. The topological polar surface area (TPSA) is 96.4 Å². The predicted molar refractivity (Wildman–Crippen MR) is 133 cm³/mol. The number of hydrogen-bond donors (Lipinski definition) is 1. The van der Waals surface area contributed by atoms with Crippen molar-refractivity contribution in [2.45, 2.75) is 56.4 Å². The van der Waals surface area contributed by atoms with Gasteiger partial charge in [-0.3, -0.25) is 14.4 Å². The molecule has 0 aromatic heterocycles.